The van der Waals surface area contributed by atoms with Crippen molar-refractivity contribution in [1.29, 1.82) is 0 Å². The minimum Gasteiger partial charge on any atom is -0.329 e. The minimum atomic E-state index is 0.525. The van der Waals surface area contributed by atoms with Crippen LogP contribution in [0.3, 0.4) is 0 Å². The fraction of sp³-hybridized carbons (Fsp3) is 1.00. The lowest BCUT2D eigenvalue weighted by Crippen LogP contribution is -2.40. The molecule has 0 fully saturated rings. The predicted octanol–water partition coefficient (Wildman–Crippen LogP) is 2.67. The lowest BCUT2D eigenvalue weighted by molar-refractivity contribution is 0.426. The molecule has 0 saturated heterocycles. The van der Waals surface area contributed by atoms with Crippen LogP contribution in [0.1, 0.15) is 59.3 Å². The Hall–Kier alpha value is -0.0800. The van der Waals surface area contributed by atoms with E-state index in [1.807, 2.05) is 0 Å². The first-order chi connectivity index (χ1) is 6.70. The van der Waals surface area contributed by atoms with Crippen LogP contribution < -0.4 is 11.1 Å². The molecule has 0 rings (SSSR count). The van der Waals surface area contributed by atoms with Crippen molar-refractivity contribution in [2.75, 3.05) is 6.54 Å². The monoisotopic (exact) mass is 200 g/mol. The van der Waals surface area contributed by atoms with Crippen molar-refractivity contribution in [3.05, 3.63) is 0 Å². The summed E-state index contributed by atoms with van der Waals surface area (Å²) in [5, 5.41) is 3.50. The molecule has 1 atom stereocenters. The lowest BCUT2D eigenvalue weighted by atomic mass is 10.1. The Labute approximate surface area is 89.6 Å². The molecule has 0 spiro atoms. The standard InChI is InChI=1S/C12H28N2/c1-4-5-6-7-8-9-12(10-13)14-11(2)3/h11-12,14H,4-10,13H2,1-3H3. The van der Waals surface area contributed by atoms with Gasteiger partial charge in [-0.15, -0.1) is 0 Å². The van der Waals surface area contributed by atoms with Crippen LogP contribution in [-0.4, -0.2) is 18.6 Å². The van der Waals surface area contributed by atoms with E-state index in [0.717, 1.165) is 6.54 Å². The highest BCUT2D eigenvalue weighted by Crippen LogP contribution is 2.07. The van der Waals surface area contributed by atoms with Crippen molar-refractivity contribution in [2.45, 2.75) is 71.4 Å². The predicted molar refractivity (Wildman–Crippen MR) is 64.5 cm³/mol. The van der Waals surface area contributed by atoms with Crippen molar-refractivity contribution in [3.8, 4) is 0 Å². The molecule has 0 aromatic heterocycles. The van der Waals surface area contributed by atoms with Gasteiger partial charge in [0.15, 0.2) is 0 Å². The molecule has 0 aliphatic heterocycles. The molecule has 0 bridgehead atoms. The van der Waals surface area contributed by atoms with Crippen LogP contribution in [0.5, 0.6) is 0 Å². The summed E-state index contributed by atoms with van der Waals surface area (Å²) in [5.41, 5.74) is 5.70. The molecule has 1 unspecified atom stereocenters. The van der Waals surface area contributed by atoms with Gasteiger partial charge < -0.3 is 11.1 Å². The van der Waals surface area contributed by atoms with Crippen molar-refractivity contribution in [1.82, 2.24) is 5.32 Å². The number of nitrogens with one attached hydrogen (secondary N) is 1. The van der Waals surface area contributed by atoms with Crippen molar-refractivity contribution < 1.29 is 0 Å². The minimum absolute atomic E-state index is 0.525. The molecule has 0 aromatic carbocycles. The SMILES string of the molecule is CCCCCCCC(CN)NC(C)C. The largest absolute Gasteiger partial charge is 0.329 e. The number of hydrogen-bond acceptors (Lipinski definition) is 2. The van der Waals surface area contributed by atoms with Crippen molar-refractivity contribution in [3.63, 3.8) is 0 Å². The van der Waals surface area contributed by atoms with Gasteiger partial charge in [-0.25, -0.2) is 0 Å². The zero-order valence-corrected chi connectivity index (χ0v) is 10.2. The molecule has 0 amide bonds. The third kappa shape index (κ3) is 8.52. The summed E-state index contributed by atoms with van der Waals surface area (Å²) in [6, 6.07) is 1.08. The summed E-state index contributed by atoms with van der Waals surface area (Å²) < 4.78 is 0. The van der Waals surface area contributed by atoms with E-state index in [-0.39, 0.29) is 0 Å². The fourth-order valence-corrected chi connectivity index (χ4v) is 1.73. The first-order valence-electron chi connectivity index (χ1n) is 6.16. The van der Waals surface area contributed by atoms with E-state index in [9.17, 15) is 0 Å². The molecule has 0 aliphatic carbocycles. The first kappa shape index (κ1) is 13.9. The van der Waals surface area contributed by atoms with Crippen LogP contribution in [0.4, 0.5) is 0 Å². The lowest BCUT2D eigenvalue weighted by Gasteiger charge is -2.19. The molecule has 0 radical (unpaired) electrons. The Bertz CT molecular complexity index is 113. The van der Waals surface area contributed by atoms with Gasteiger partial charge in [0.25, 0.3) is 0 Å². The van der Waals surface area contributed by atoms with Crippen LogP contribution >= 0.6 is 0 Å². The Balaban J connectivity index is 3.33. The van der Waals surface area contributed by atoms with Crippen LogP contribution in [-0.2, 0) is 0 Å². The summed E-state index contributed by atoms with van der Waals surface area (Å²) in [5.74, 6) is 0. The van der Waals surface area contributed by atoms with E-state index >= 15 is 0 Å². The van der Waals surface area contributed by atoms with Gasteiger partial charge in [-0.2, -0.15) is 0 Å². The van der Waals surface area contributed by atoms with E-state index in [1.54, 1.807) is 0 Å². The maximum atomic E-state index is 5.70. The molecule has 2 nitrogen and oxygen atoms in total. The summed E-state index contributed by atoms with van der Waals surface area (Å²) in [4.78, 5) is 0. The molecule has 86 valence electrons. The third-order valence-electron chi connectivity index (χ3n) is 2.51. The summed E-state index contributed by atoms with van der Waals surface area (Å²) in [6.07, 6.45) is 8.01. The van der Waals surface area contributed by atoms with Gasteiger partial charge in [-0.1, -0.05) is 52.9 Å². The smallest absolute Gasteiger partial charge is 0.0192 e. The molecule has 0 aliphatic rings. The number of unbranched alkanes of at least 4 members (excludes halogenated alkanes) is 4. The Morgan fingerprint density at radius 3 is 2.21 bits per heavy atom. The molecule has 0 aromatic rings. The van der Waals surface area contributed by atoms with Gasteiger partial charge in [-0.3, -0.25) is 0 Å². The first-order valence-corrected chi connectivity index (χ1v) is 6.16. The average Bonchev–Trinajstić information content (AvgIpc) is 2.15. The van der Waals surface area contributed by atoms with Crippen LogP contribution in [0.25, 0.3) is 0 Å². The van der Waals surface area contributed by atoms with Gasteiger partial charge in [0.05, 0.1) is 0 Å². The molecular formula is C12H28N2. The summed E-state index contributed by atoms with van der Waals surface area (Å²) in [6.45, 7) is 7.38. The maximum absolute atomic E-state index is 5.70. The normalized spacial score (nSPS) is 13.5. The summed E-state index contributed by atoms with van der Waals surface area (Å²) >= 11 is 0. The van der Waals surface area contributed by atoms with Gasteiger partial charge in [0, 0.05) is 18.6 Å². The van der Waals surface area contributed by atoms with E-state index in [0.29, 0.717) is 12.1 Å². The molecule has 0 heterocycles. The second-order valence-corrected chi connectivity index (χ2v) is 4.46. The quantitative estimate of drug-likeness (QED) is 0.562. The van der Waals surface area contributed by atoms with Crippen molar-refractivity contribution >= 4 is 0 Å². The molecule has 2 heteroatoms. The maximum Gasteiger partial charge on any atom is 0.0192 e. The Kier molecular flexibility index (Phi) is 9.42. The van der Waals surface area contributed by atoms with E-state index in [4.69, 9.17) is 5.73 Å². The molecule has 3 N–H and O–H groups in total. The summed E-state index contributed by atoms with van der Waals surface area (Å²) in [7, 11) is 0. The topological polar surface area (TPSA) is 38.0 Å². The Morgan fingerprint density at radius 2 is 1.71 bits per heavy atom. The van der Waals surface area contributed by atoms with Crippen LogP contribution in [0.15, 0.2) is 0 Å². The van der Waals surface area contributed by atoms with Gasteiger partial charge in [0.2, 0.25) is 0 Å². The number of nitrogens with two attached hydrogens (primary N) is 1. The van der Waals surface area contributed by atoms with Gasteiger partial charge in [0.1, 0.15) is 0 Å². The highest BCUT2D eigenvalue weighted by atomic mass is 15.0. The highest BCUT2D eigenvalue weighted by molar-refractivity contribution is 4.69. The van der Waals surface area contributed by atoms with Crippen LogP contribution in [0.2, 0.25) is 0 Å². The van der Waals surface area contributed by atoms with Crippen molar-refractivity contribution in [2.24, 2.45) is 5.73 Å². The van der Waals surface area contributed by atoms with Gasteiger partial charge in [-0.05, 0) is 6.42 Å². The number of hydrogen-bond donors (Lipinski definition) is 2. The van der Waals surface area contributed by atoms with E-state index in [1.165, 1.54) is 38.5 Å². The van der Waals surface area contributed by atoms with E-state index < -0.39 is 0 Å². The van der Waals surface area contributed by atoms with E-state index in [2.05, 4.69) is 26.1 Å². The van der Waals surface area contributed by atoms with Gasteiger partial charge >= 0.3 is 0 Å². The fourth-order valence-electron chi connectivity index (χ4n) is 1.73. The highest BCUT2D eigenvalue weighted by Gasteiger charge is 2.06. The number of rotatable bonds is 9. The second kappa shape index (κ2) is 9.47. The molecule has 0 saturated carbocycles. The zero-order valence-electron chi connectivity index (χ0n) is 10.2. The third-order valence-corrected chi connectivity index (χ3v) is 2.51. The molecular weight excluding hydrogens is 172 g/mol. The molecule has 14 heavy (non-hydrogen) atoms. The second-order valence-electron chi connectivity index (χ2n) is 4.46. The Morgan fingerprint density at radius 1 is 1.07 bits per heavy atom. The average molecular weight is 200 g/mol. The van der Waals surface area contributed by atoms with Crippen LogP contribution in [0, 0.1) is 0 Å². The zero-order chi connectivity index (χ0) is 10.8.